The summed E-state index contributed by atoms with van der Waals surface area (Å²) in [6.07, 6.45) is 1.53. The molecule has 1 saturated heterocycles. The molecule has 1 amide bonds. The maximum atomic E-state index is 11.9. The summed E-state index contributed by atoms with van der Waals surface area (Å²) in [5.41, 5.74) is 0. The van der Waals surface area contributed by atoms with Gasteiger partial charge in [-0.05, 0) is 12.1 Å². The Morgan fingerprint density at radius 1 is 1.38 bits per heavy atom. The van der Waals surface area contributed by atoms with Crippen LogP contribution in [-0.2, 0) is 0 Å². The van der Waals surface area contributed by atoms with Gasteiger partial charge in [-0.25, -0.2) is 0 Å². The fraction of sp³-hybridized carbons (Fsp3) is 0.545. The summed E-state index contributed by atoms with van der Waals surface area (Å²) in [7, 11) is 0. The second kappa shape index (κ2) is 5.41. The highest BCUT2D eigenvalue weighted by molar-refractivity contribution is 7.80. The molecule has 2 heterocycles. The lowest BCUT2D eigenvalue weighted by atomic mass is 10.3. The Morgan fingerprint density at radius 2 is 2.12 bits per heavy atom. The van der Waals surface area contributed by atoms with Crippen LogP contribution in [0.15, 0.2) is 22.8 Å². The summed E-state index contributed by atoms with van der Waals surface area (Å²) in [5, 5.41) is 0. The number of amides is 1. The maximum Gasteiger partial charge on any atom is 0.289 e. The van der Waals surface area contributed by atoms with E-state index >= 15 is 0 Å². The van der Waals surface area contributed by atoms with Crippen molar-refractivity contribution in [1.29, 1.82) is 0 Å². The van der Waals surface area contributed by atoms with E-state index in [0.717, 1.165) is 38.5 Å². The van der Waals surface area contributed by atoms with Crippen molar-refractivity contribution in [3.05, 3.63) is 24.2 Å². The van der Waals surface area contributed by atoms with E-state index in [-0.39, 0.29) is 5.91 Å². The predicted molar refractivity (Wildman–Crippen MR) is 64.9 cm³/mol. The average Bonchev–Trinajstić information content (AvgIpc) is 2.83. The first-order valence-corrected chi connectivity index (χ1v) is 6.10. The molecule has 0 spiro atoms. The predicted octanol–water partition coefficient (Wildman–Crippen LogP) is 0.967. The summed E-state index contributed by atoms with van der Waals surface area (Å²) in [6, 6.07) is 3.45. The highest BCUT2D eigenvalue weighted by Crippen LogP contribution is 2.09. The number of furan rings is 1. The molecular formula is C11H16N2O2S. The molecule has 0 unspecified atom stereocenters. The molecule has 0 radical (unpaired) electrons. The van der Waals surface area contributed by atoms with Gasteiger partial charge in [-0.2, -0.15) is 12.6 Å². The quantitative estimate of drug-likeness (QED) is 0.800. The Balaban J connectivity index is 1.87. The van der Waals surface area contributed by atoms with E-state index in [4.69, 9.17) is 4.42 Å². The van der Waals surface area contributed by atoms with Crippen molar-refractivity contribution in [2.24, 2.45) is 0 Å². The van der Waals surface area contributed by atoms with Crippen LogP contribution in [0.3, 0.4) is 0 Å². The average molecular weight is 240 g/mol. The van der Waals surface area contributed by atoms with E-state index in [1.54, 1.807) is 12.1 Å². The van der Waals surface area contributed by atoms with Gasteiger partial charge in [0.15, 0.2) is 5.76 Å². The molecule has 16 heavy (non-hydrogen) atoms. The lowest BCUT2D eigenvalue weighted by Crippen LogP contribution is -2.49. The van der Waals surface area contributed by atoms with Gasteiger partial charge in [-0.3, -0.25) is 9.69 Å². The zero-order valence-corrected chi connectivity index (χ0v) is 10.0. The minimum absolute atomic E-state index is 0.00414. The highest BCUT2D eigenvalue weighted by Gasteiger charge is 2.22. The van der Waals surface area contributed by atoms with Crippen LogP contribution in [0.4, 0.5) is 0 Å². The zero-order valence-electron chi connectivity index (χ0n) is 9.13. The highest BCUT2D eigenvalue weighted by atomic mass is 32.1. The lowest BCUT2D eigenvalue weighted by Gasteiger charge is -2.33. The molecule has 88 valence electrons. The maximum absolute atomic E-state index is 11.9. The van der Waals surface area contributed by atoms with Crippen LogP contribution in [0.25, 0.3) is 0 Å². The van der Waals surface area contributed by atoms with Crippen LogP contribution in [0.1, 0.15) is 10.6 Å². The molecule has 0 bridgehead atoms. The molecule has 1 aromatic heterocycles. The molecule has 0 aliphatic carbocycles. The van der Waals surface area contributed by atoms with Gasteiger partial charge < -0.3 is 9.32 Å². The Bertz CT molecular complexity index is 332. The van der Waals surface area contributed by atoms with Crippen LogP contribution >= 0.6 is 12.6 Å². The van der Waals surface area contributed by atoms with E-state index in [0.29, 0.717) is 5.76 Å². The number of carbonyl (C=O) groups is 1. The summed E-state index contributed by atoms with van der Waals surface area (Å²) < 4.78 is 5.11. The summed E-state index contributed by atoms with van der Waals surface area (Å²) in [6.45, 7) is 4.38. The molecule has 1 aliphatic heterocycles. The summed E-state index contributed by atoms with van der Waals surface area (Å²) in [5.74, 6) is 1.30. The first-order chi connectivity index (χ1) is 7.81. The van der Waals surface area contributed by atoms with Crippen LogP contribution in [0.2, 0.25) is 0 Å². The normalized spacial score (nSPS) is 17.7. The Hall–Kier alpha value is -0.940. The second-order valence-corrected chi connectivity index (χ2v) is 4.28. The largest absolute Gasteiger partial charge is 0.459 e. The lowest BCUT2D eigenvalue weighted by molar-refractivity contribution is 0.0613. The molecule has 1 aromatic rings. The number of rotatable bonds is 3. The van der Waals surface area contributed by atoms with E-state index in [9.17, 15) is 4.79 Å². The Kier molecular flexibility index (Phi) is 3.90. The Labute approximate surface area is 101 Å². The fourth-order valence-corrected chi connectivity index (χ4v) is 2.15. The van der Waals surface area contributed by atoms with Gasteiger partial charge in [-0.15, -0.1) is 0 Å². The second-order valence-electron chi connectivity index (χ2n) is 3.83. The van der Waals surface area contributed by atoms with Crippen molar-refractivity contribution < 1.29 is 9.21 Å². The van der Waals surface area contributed by atoms with Crippen LogP contribution in [0.5, 0.6) is 0 Å². The van der Waals surface area contributed by atoms with Gasteiger partial charge in [0.25, 0.3) is 5.91 Å². The standard InChI is InChI=1S/C11H16N2O2S/c14-11(10-2-1-8-15-10)13-5-3-12(4-6-13)7-9-16/h1-2,8,16H,3-7,9H2. The molecule has 0 N–H and O–H groups in total. The minimum atomic E-state index is -0.00414. The van der Waals surface area contributed by atoms with Crippen LogP contribution < -0.4 is 0 Å². The number of carbonyl (C=O) groups excluding carboxylic acids is 1. The van der Waals surface area contributed by atoms with E-state index in [1.165, 1.54) is 6.26 Å². The van der Waals surface area contributed by atoms with Gasteiger partial charge in [0.2, 0.25) is 0 Å². The van der Waals surface area contributed by atoms with Crippen molar-refractivity contribution in [2.75, 3.05) is 38.5 Å². The fourth-order valence-electron chi connectivity index (χ4n) is 1.87. The van der Waals surface area contributed by atoms with Gasteiger partial charge in [0, 0.05) is 38.5 Å². The van der Waals surface area contributed by atoms with Crippen LogP contribution in [0, 0.1) is 0 Å². The van der Waals surface area contributed by atoms with E-state index in [1.807, 2.05) is 4.90 Å². The van der Waals surface area contributed by atoms with Gasteiger partial charge in [-0.1, -0.05) is 0 Å². The molecule has 1 fully saturated rings. The Morgan fingerprint density at radius 3 is 2.69 bits per heavy atom. The smallest absolute Gasteiger partial charge is 0.289 e. The van der Waals surface area contributed by atoms with Crippen molar-refractivity contribution in [3.63, 3.8) is 0 Å². The number of piperazine rings is 1. The van der Waals surface area contributed by atoms with E-state index < -0.39 is 0 Å². The molecule has 0 aromatic carbocycles. The van der Waals surface area contributed by atoms with Gasteiger partial charge in [0.05, 0.1) is 6.26 Å². The van der Waals surface area contributed by atoms with Crippen LogP contribution in [-0.4, -0.2) is 54.2 Å². The zero-order chi connectivity index (χ0) is 11.4. The minimum Gasteiger partial charge on any atom is -0.459 e. The molecule has 2 rings (SSSR count). The first-order valence-electron chi connectivity index (χ1n) is 5.47. The summed E-state index contributed by atoms with van der Waals surface area (Å²) in [4.78, 5) is 16.1. The number of hydrogen-bond acceptors (Lipinski definition) is 4. The topological polar surface area (TPSA) is 36.7 Å². The number of hydrogen-bond donors (Lipinski definition) is 1. The van der Waals surface area contributed by atoms with Crippen molar-refractivity contribution >= 4 is 18.5 Å². The monoisotopic (exact) mass is 240 g/mol. The molecule has 4 nitrogen and oxygen atoms in total. The molecule has 0 atom stereocenters. The SMILES string of the molecule is O=C(c1ccco1)N1CCN(CCS)CC1. The number of thiol groups is 1. The van der Waals surface area contributed by atoms with Gasteiger partial charge in [0.1, 0.15) is 0 Å². The van der Waals surface area contributed by atoms with Crippen molar-refractivity contribution in [1.82, 2.24) is 9.80 Å². The van der Waals surface area contributed by atoms with E-state index in [2.05, 4.69) is 17.5 Å². The molecule has 1 aliphatic rings. The third-order valence-electron chi connectivity index (χ3n) is 2.81. The van der Waals surface area contributed by atoms with Gasteiger partial charge >= 0.3 is 0 Å². The molecular weight excluding hydrogens is 224 g/mol. The third-order valence-corrected chi connectivity index (χ3v) is 3.01. The molecule has 5 heteroatoms. The molecule has 0 saturated carbocycles. The van der Waals surface area contributed by atoms with Crippen molar-refractivity contribution in [2.45, 2.75) is 0 Å². The third kappa shape index (κ3) is 2.59. The van der Waals surface area contributed by atoms with Crippen molar-refractivity contribution in [3.8, 4) is 0 Å². The number of nitrogens with zero attached hydrogens (tertiary/aromatic N) is 2. The summed E-state index contributed by atoms with van der Waals surface area (Å²) >= 11 is 4.21. The first kappa shape index (κ1) is 11.5.